The lowest BCUT2D eigenvalue weighted by atomic mass is 10.1. The van der Waals surface area contributed by atoms with Gasteiger partial charge in [-0.05, 0) is 31.4 Å². The van der Waals surface area contributed by atoms with Crippen LogP contribution in [0.1, 0.15) is 45.4 Å². The summed E-state index contributed by atoms with van der Waals surface area (Å²) >= 11 is 3.66. The van der Waals surface area contributed by atoms with Gasteiger partial charge in [0.25, 0.3) is 0 Å². The first-order chi connectivity index (χ1) is 8.72. The average molecular weight is 312 g/mol. The van der Waals surface area contributed by atoms with Crippen molar-refractivity contribution in [3.63, 3.8) is 0 Å². The molecule has 18 heavy (non-hydrogen) atoms. The van der Waals surface area contributed by atoms with Crippen LogP contribution >= 0.6 is 15.9 Å². The summed E-state index contributed by atoms with van der Waals surface area (Å²) in [6, 6.07) is 9.61. The fraction of sp³-hybridized carbons (Fsp3) is 0.533. The molecule has 3 heteroatoms. The van der Waals surface area contributed by atoms with E-state index in [1.807, 2.05) is 30.3 Å². The van der Waals surface area contributed by atoms with Crippen LogP contribution in [0.4, 0.5) is 5.69 Å². The number of nitrogens with one attached hydrogen (secondary N) is 1. The quantitative estimate of drug-likeness (QED) is 0.690. The van der Waals surface area contributed by atoms with E-state index in [0.717, 1.165) is 18.5 Å². The Balaban J connectivity index is 2.14. The van der Waals surface area contributed by atoms with Crippen LogP contribution in [0.3, 0.4) is 0 Å². The summed E-state index contributed by atoms with van der Waals surface area (Å²) in [6.45, 7) is 2.20. The minimum absolute atomic E-state index is 0.108. The summed E-state index contributed by atoms with van der Waals surface area (Å²) in [5.74, 6) is 0.108. The van der Waals surface area contributed by atoms with E-state index in [-0.39, 0.29) is 5.91 Å². The second-order valence-electron chi connectivity index (χ2n) is 4.55. The van der Waals surface area contributed by atoms with Crippen molar-refractivity contribution < 1.29 is 4.79 Å². The Morgan fingerprint density at radius 2 is 1.89 bits per heavy atom. The molecule has 0 bridgehead atoms. The second-order valence-corrected chi connectivity index (χ2v) is 5.84. The third-order valence-electron chi connectivity index (χ3n) is 2.85. The lowest BCUT2D eigenvalue weighted by Crippen LogP contribution is -2.11. The molecular weight excluding hydrogens is 290 g/mol. The Hall–Kier alpha value is -0.830. The molecule has 1 amide bonds. The molecule has 0 aliphatic carbocycles. The maximum atomic E-state index is 11.7. The first-order valence-corrected chi connectivity index (χ1v) is 7.63. The molecule has 1 aromatic rings. The van der Waals surface area contributed by atoms with Crippen molar-refractivity contribution in [3.8, 4) is 0 Å². The van der Waals surface area contributed by atoms with E-state index >= 15 is 0 Å². The first-order valence-electron chi connectivity index (χ1n) is 6.71. The third-order valence-corrected chi connectivity index (χ3v) is 3.77. The van der Waals surface area contributed by atoms with Crippen molar-refractivity contribution in [1.82, 2.24) is 0 Å². The van der Waals surface area contributed by atoms with E-state index in [1.165, 1.54) is 19.3 Å². The van der Waals surface area contributed by atoms with Gasteiger partial charge in [-0.1, -0.05) is 53.9 Å². The Morgan fingerprint density at radius 3 is 2.56 bits per heavy atom. The summed E-state index contributed by atoms with van der Waals surface area (Å²) in [7, 11) is 0. The SMILES string of the molecule is CCCCC(Br)CCCC(=O)Nc1ccccc1. The molecule has 0 heterocycles. The van der Waals surface area contributed by atoms with Gasteiger partial charge in [-0.25, -0.2) is 0 Å². The number of benzene rings is 1. The number of alkyl halides is 1. The molecule has 0 aliphatic rings. The van der Waals surface area contributed by atoms with E-state index in [9.17, 15) is 4.79 Å². The number of rotatable bonds is 8. The predicted molar refractivity (Wildman–Crippen MR) is 81.2 cm³/mol. The Bertz CT molecular complexity index is 340. The van der Waals surface area contributed by atoms with Crippen LogP contribution < -0.4 is 5.32 Å². The summed E-state index contributed by atoms with van der Waals surface area (Å²) in [5.41, 5.74) is 0.879. The van der Waals surface area contributed by atoms with Gasteiger partial charge < -0.3 is 5.32 Å². The summed E-state index contributed by atoms with van der Waals surface area (Å²) in [6.07, 6.45) is 6.31. The number of carbonyl (C=O) groups excluding carboxylic acids is 1. The zero-order chi connectivity index (χ0) is 13.2. The highest BCUT2D eigenvalue weighted by molar-refractivity contribution is 9.09. The standard InChI is InChI=1S/C15H22BrNO/c1-2-3-8-13(16)9-7-12-15(18)17-14-10-5-4-6-11-14/h4-6,10-11,13H,2-3,7-9,12H2,1H3,(H,17,18). The smallest absolute Gasteiger partial charge is 0.224 e. The minimum Gasteiger partial charge on any atom is -0.326 e. The minimum atomic E-state index is 0.108. The van der Waals surface area contributed by atoms with Gasteiger partial charge in [-0.15, -0.1) is 0 Å². The molecule has 1 N–H and O–H groups in total. The molecule has 0 radical (unpaired) electrons. The van der Waals surface area contributed by atoms with Crippen molar-refractivity contribution in [2.24, 2.45) is 0 Å². The molecule has 1 rings (SSSR count). The molecule has 2 nitrogen and oxygen atoms in total. The maximum absolute atomic E-state index is 11.7. The summed E-state index contributed by atoms with van der Waals surface area (Å²) in [4.78, 5) is 12.2. The Morgan fingerprint density at radius 1 is 1.22 bits per heavy atom. The van der Waals surface area contributed by atoms with Gasteiger partial charge in [0.15, 0.2) is 0 Å². The third kappa shape index (κ3) is 6.80. The number of carbonyl (C=O) groups is 1. The van der Waals surface area contributed by atoms with Crippen LogP contribution in [0.25, 0.3) is 0 Å². The average Bonchev–Trinajstić information content (AvgIpc) is 2.37. The van der Waals surface area contributed by atoms with E-state index in [2.05, 4.69) is 28.2 Å². The van der Waals surface area contributed by atoms with Gasteiger partial charge in [-0.2, -0.15) is 0 Å². The number of amides is 1. The highest BCUT2D eigenvalue weighted by Crippen LogP contribution is 2.17. The molecule has 0 aliphatic heterocycles. The molecule has 0 fully saturated rings. The predicted octanol–water partition coefficient (Wildman–Crippen LogP) is 4.75. The maximum Gasteiger partial charge on any atom is 0.224 e. The molecule has 1 aromatic carbocycles. The van der Waals surface area contributed by atoms with Crippen molar-refractivity contribution in [3.05, 3.63) is 30.3 Å². The van der Waals surface area contributed by atoms with E-state index in [1.54, 1.807) is 0 Å². The molecule has 0 saturated carbocycles. The number of hydrogen-bond acceptors (Lipinski definition) is 1. The summed E-state index contributed by atoms with van der Waals surface area (Å²) < 4.78 is 0. The lowest BCUT2D eigenvalue weighted by Gasteiger charge is -2.09. The van der Waals surface area contributed by atoms with E-state index < -0.39 is 0 Å². The normalized spacial score (nSPS) is 12.1. The molecule has 0 spiro atoms. The van der Waals surface area contributed by atoms with Crippen molar-refractivity contribution >= 4 is 27.5 Å². The van der Waals surface area contributed by atoms with Crippen LogP contribution in [0, 0.1) is 0 Å². The van der Waals surface area contributed by atoms with Crippen molar-refractivity contribution in [1.29, 1.82) is 0 Å². The van der Waals surface area contributed by atoms with Gasteiger partial charge in [0.05, 0.1) is 0 Å². The van der Waals surface area contributed by atoms with Crippen LogP contribution in [0.15, 0.2) is 30.3 Å². The number of para-hydroxylation sites is 1. The van der Waals surface area contributed by atoms with Crippen molar-refractivity contribution in [2.75, 3.05) is 5.32 Å². The molecule has 1 unspecified atom stereocenters. The molecule has 1 atom stereocenters. The second kappa shape index (κ2) is 9.15. The first kappa shape index (κ1) is 15.2. The van der Waals surface area contributed by atoms with Crippen molar-refractivity contribution in [2.45, 2.75) is 50.3 Å². The van der Waals surface area contributed by atoms with Gasteiger partial charge >= 0.3 is 0 Å². The number of halogens is 1. The fourth-order valence-electron chi connectivity index (χ4n) is 1.80. The van der Waals surface area contributed by atoms with Crippen LogP contribution in [-0.4, -0.2) is 10.7 Å². The lowest BCUT2D eigenvalue weighted by molar-refractivity contribution is -0.116. The zero-order valence-corrected chi connectivity index (χ0v) is 12.6. The molecule has 0 aromatic heterocycles. The molecular formula is C15H22BrNO. The Kier molecular flexibility index (Phi) is 7.74. The molecule has 100 valence electrons. The highest BCUT2D eigenvalue weighted by atomic mass is 79.9. The highest BCUT2D eigenvalue weighted by Gasteiger charge is 2.06. The largest absolute Gasteiger partial charge is 0.326 e. The van der Waals surface area contributed by atoms with E-state index in [4.69, 9.17) is 0 Å². The van der Waals surface area contributed by atoms with Crippen LogP contribution in [0.2, 0.25) is 0 Å². The number of unbranched alkanes of at least 4 members (excludes halogenated alkanes) is 1. The van der Waals surface area contributed by atoms with Gasteiger partial charge in [0.1, 0.15) is 0 Å². The Labute approximate surface area is 118 Å². The van der Waals surface area contributed by atoms with Gasteiger partial charge in [0, 0.05) is 16.9 Å². The fourth-order valence-corrected chi connectivity index (χ4v) is 2.45. The number of anilines is 1. The van der Waals surface area contributed by atoms with Crippen LogP contribution in [-0.2, 0) is 4.79 Å². The zero-order valence-electron chi connectivity index (χ0n) is 11.0. The van der Waals surface area contributed by atoms with E-state index in [0.29, 0.717) is 11.2 Å². The number of hydrogen-bond donors (Lipinski definition) is 1. The topological polar surface area (TPSA) is 29.1 Å². The van der Waals surface area contributed by atoms with Crippen LogP contribution in [0.5, 0.6) is 0 Å². The van der Waals surface area contributed by atoms with Gasteiger partial charge in [-0.3, -0.25) is 4.79 Å². The molecule has 0 saturated heterocycles. The monoisotopic (exact) mass is 311 g/mol. The van der Waals surface area contributed by atoms with Gasteiger partial charge in [0.2, 0.25) is 5.91 Å². The summed E-state index contributed by atoms with van der Waals surface area (Å²) in [5, 5.41) is 2.90.